The third-order valence-corrected chi connectivity index (χ3v) is 26.7. The van der Waals surface area contributed by atoms with Gasteiger partial charge in [0, 0.05) is 118 Å². The highest BCUT2D eigenvalue weighted by molar-refractivity contribution is 8.76. The fourth-order valence-corrected chi connectivity index (χ4v) is 18.3. The zero-order valence-electron chi connectivity index (χ0n) is 79.3. The second-order valence-electron chi connectivity index (χ2n) is 34.6. The van der Waals surface area contributed by atoms with E-state index in [0.717, 1.165) is 52.3 Å². The monoisotopic (exact) mass is 1990 g/mol. The highest BCUT2D eigenvalue weighted by Gasteiger charge is 2.41. The molecule has 0 spiro atoms. The summed E-state index contributed by atoms with van der Waals surface area (Å²) >= 11 is 1.03. The summed E-state index contributed by atoms with van der Waals surface area (Å²) in [7, 11) is 3.95. The Labute approximate surface area is 814 Å². The van der Waals surface area contributed by atoms with Crippen molar-refractivity contribution in [2.75, 3.05) is 58.1 Å². The number of carbonyl (C=O) groups is 19. The lowest BCUT2D eigenvalue weighted by molar-refractivity contribution is -0.162. The SMILES string of the molecule is CCCC(=O)OCN(C(=O)[C@@H](CC(=O)[C@H]1CCCCN1C)C(C)CC)[C@H](C[C@@H](OC(C)=O)c1nc(C(=O)N[C@@H](Cc2ccc(O)cc2)C[C@H](C)C(=O)CNC(=O)OCCSSC[C@@H](CC(=O)[C@H](CC(=O)O)NC(=O)[C@@H](N)CNC(=O)C(CC(=O)[C@H](Cc2ccccc2)NC(=O)CCCCCCNC(=O)CC[C@H](NC(=O)N[C@@H](CCC(=O)O)OC=O)C(=O)O)Cc2ccccc2)C(=O)O)cs1)C(C)C. The quantitative estimate of drug-likeness (QED) is 0.00502. The average Bonchev–Trinajstić information content (AvgIpc) is 1.20. The zero-order valence-corrected chi connectivity index (χ0v) is 81.7. The molecule has 138 heavy (non-hydrogen) atoms. The van der Waals surface area contributed by atoms with Gasteiger partial charge in [-0.15, -0.1) is 11.3 Å². The summed E-state index contributed by atoms with van der Waals surface area (Å²) in [5, 5.41) is 70.4. The first kappa shape index (κ1) is 117. The number of hydrogen-bond acceptors (Lipinski definition) is 30. The number of piperidine rings is 1. The molecule has 2 heterocycles. The molecule has 0 bridgehead atoms. The molecule has 40 nitrogen and oxygen atoms in total. The van der Waals surface area contributed by atoms with E-state index in [1.807, 2.05) is 46.6 Å². The fourth-order valence-electron chi connectivity index (χ4n) is 15.3. The number of carbonyl (C=O) groups excluding carboxylic acids is 15. The van der Waals surface area contributed by atoms with Gasteiger partial charge >= 0.3 is 47.9 Å². The Morgan fingerprint density at radius 1 is 0.638 bits per heavy atom. The summed E-state index contributed by atoms with van der Waals surface area (Å²) in [4.78, 5) is 257. The summed E-state index contributed by atoms with van der Waals surface area (Å²) in [5.74, 6) is -17.5. The van der Waals surface area contributed by atoms with Crippen LogP contribution in [0.4, 0.5) is 9.59 Å². The molecule has 1 fully saturated rings. The molecule has 4 aromatic rings. The number of carboxylic acids is 4. The normalized spacial score (nSPS) is 15.3. The van der Waals surface area contributed by atoms with Gasteiger partial charge in [0.15, 0.2) is 42.2 Å². The van der Waals surface area contributed by atoms with Crippen molar-refractivity contribution in [3.63, 3.8) is 0 Å². The number of unbranched alkanes of at least 4 members (excludes halogenated alkanes) is 3. The van der Waals surface area contributed by atoms with Gasteiger partial charge in [-0.1, -0.05) is 162 Å². The molecule has 0 radical (unpaired) electrons. The number of aromatic nitrogens is 1. The maximum absolute atomic E-state index is 15.1. The summed E-state index contributed by atoms with van der Waals surface area (Å²) in [5.41, 5.74) is 8.20. The molecular weight excluding hydrogens is 1850 g/mol. The minimum Gasteiger partial charge on any atom is -0.508 e. The number of thiazole rings is 1. The van der Waals surface area contributed by atoms with Gasteiger partial charge in [0.2, 0.25) is 29.5 Å². The van der Waals surface area contributed by atoms with Crippen molar-refractivity contribution < 1.29 is 136 Å². The number of nitrogens with zero attached hydrogens (tertiary/aromatic N) is 3. The Morgan fingerprint density at radius 3 is 1.92 bits per heavy atom. The Bertz CT molecular complexity index is 4670. The molecule has 14 atom stereocenters. The molecule has 1 aliphatic rings. The standard InChI is InChI=1S/C95H134N12O28S3/c1-9-23-86(121)133-55-107(91(125)68(58(5)10-2)48-78(113)74-28-20-22-39-106(74)8)75(57(3)4)50-80(135-60(7)109)90-103-73(54-136-90)89(124)100-66(44-63-30-32-67(110)33-31-63)42-59(6)79(114)52-99-95(131)132-40-41-137-138-53-65(92(126)127)47-77(112)72(49-85(119)120)102-88(123)69(96)51-98-87(122)64(43-61-24-15-13-16-25-61)46-76(111)71(45-62-26-17-14-18-27-62)101-82(116)29-19-11-12-21-38-97-81(115)35-34-70(93(128)129)104-94(130)105-83(134-56-108)36-37-84(117)118/h13-18,24-27,30-33,54,56-59,64-66,68-72,74-75,80,83,110H,9-12,19-23,28-29,34-53,55,96H2,1-8H3,(H,97,115)(H,98,122)(H,99,131)(H,100,124)(H,101,116)(H,102,123)(H,117,118)(H,119,120)(H,126,127)(H,128,129)(H2,104,105,130)/t58?,59-,64?,65+,66+,68-,69-,70-,71-,72-,74+,75+,80+,83+/m0/s1. The average molecular weight is 1990 g/mol. The van der Waals surface area contributed by atoms with E-state index < -0.39 is 218 Å². The second-order valence-corrected chi connectivity index (χ2v) is 38.1. The summed E-state index contributed by atoms with van der Waals surface area (Å²) < 4.78 is 21.6. The molecule has 5 rings (SSSR count). The number of alkyl carbamates (subject to hydrolysis) is 1. The Hall–Kier alpha value is -12.0. The van der Waals surface area contributed by atoms with Gasteiger partial charge in [0.25, 0.3) is 12.4 Å². The number of Topliss-reactive ketones (excluding diaryl/α,β-unsaturated/α-hetero) is 4. The maximum atomic E-state index is 15.1. The molecule has 2 unspecified atom stereocenters. The number of phenolic OH excluding ortho intramolecular Hbond substituents is 1. The number of rotatable bonds is 68. The van der Waals surface area contributed by atoms with E-state index >= 15 is 4.79 Å². The summed E-state index contributed by atoms with van der Waals surface area (Å²) in [6, 6.07) is 14.7. The third kappa shape index (κ3) is 44.2. The number of likely N-dealkylation sites (N-methyl/N-ethyl adjacent to an activating group) is 1. The Kier molecular flexibility index (Phi) is 53.0. The number of nitrogens with two attached hydrogens (primary N) is 1. The molecular formula is C95H134N12O28S3. The van der Waals surface area contributed by atoms with Gasteiger partial charge in [0.1, 0.15) is 35.1 Å². The number of carboxylic acid groups (broad SMARTS) is 4. The number of esters is 2. The smallest absolute Gasteiger partial charge is 0.407 e. The minimum absolute atomic E-state index is 0.00325. The van der Waals surface area contributed by atoms with Crippen LogP contribution in [0.2, 0.25) is 0 Å². The first-order valence-electron chi connectivity index (χ1n) is 46.4. The third-order valence-electron chi connectivity index (χ3n) is 23.3. The van der Waals surface area contributed by atoms with E-state index in [1.54, 1.807) is 79.7 Å². The van der Waals surface area contributed by atoms with Gasteiger partial charge in [0.05, 0.1) is 43.4 Å². The predicted molar refractivity (Wildman–Crippen MR) is 509 cm³/mol. The first-order valence-corrected chi connectivity index (χ1v) is 49.7. The molecule has 9 amide bonds. The number of ether oxygens (including phenoxy) is 4. The molecule has 760 valence electrons. The highest BCUT2D eigenvalue weighted by atomic mass is 33.1. The van der Waals surface area contributed by atoms with Gasteiger partial charge < -0.3 is 97.6 Å². The fraction of sp³-hybridized carbons (Fsp3) is 0.579. The topological polar surface area (TPSA) is 604 Å². The number of phenols is 1. The molecule has 0 aliphatic carbocycles. The van der Waals surface area contributed by atoms with Crippen molar-refractivity contribution in [2.24, 2.45) is 41.2 Å². The van der Waals surface area contributed by atoms with Crippen LogP contribution in [0.1, 0.15) is 222 Å². The van der Waals surface area contributed by atoms with Crippen molar-refractivity contribution in [3.8, 4) is 5.75 Å². The molecule has 3 aromatic carbocycles. The van der Waals surface area contributed by atoms with Crippen LogP contribution in [0, 0.1) is 35.5 Å². The van der Waals surface area contributed by atoms with Crippen molar-refractivity contribution in [2.45, 2.75) is 257 Å². The number of benzene rings is 3. The minimum atomic E-state index is -1.78. The molecule has 0 saturated carbocycles. The number of hydrogen-bond donors (Lipinski definition) is 14. The molecule has 15 N–H and O–H groups in total. The van der Waals surface area contributed by atoms with Crippen molar-refractivity contribution >= 4 is 146 Å². The van der Waals surface area contributed by atoms with E-state index in [4.69, 9.17) is 25.1 Å². The van der Waals surface area contributed by atoms with Crippen molar-refractivity contribution in [1.82, 2.24) is 57.3 Å². The number of aromatic hydroxyl groups is 1. The number of nitrogens with one attached hydrogen (secondary N) is 8. The lowest BCUT2D eigenvalue weighted by Crippen LogP contribution is -2.53. The highest BCUT2D eigenvalue weighted by Crippen LogP contribution is 2.35. The summed E-state index contributed by atoms with van der Waals surface area (Å²) in [6.07, 6.45) is -1.18. The van der Waals surface area contributed by atoms with E-state index in [9.17, 15) is 107 Å². The number of urea groups is 1. The molecule has 1 aliphatic heterocycles. The molecule has 1 saturated heterocycles. The van der Waals surface area contributed by atoms with Crippen LogP contribution in [0.25, 0.3) is 0 Å². The van der Waals surface area contributed by atoms with Crippen LogP contribution >= 0.6 is 32.9 Å². The predicted octanol–water partition coefficient (Wildman–Crippen LogP) is 7.72. The van der Waals surface area contributed by atoms with Crippen molar-refractivity contribution in [3.05, 3.63) is 118 Å². The number of ketones is 4. The van der Waals surface area contributed by atoms with Crippen LogP contribution in [-0.4, -0.2) is 260 Å². The largest absolute Gasteiger partial charge is 0.508 e. The van der Waals surface area contributed by atoms with Crippen molar-refractivity contribution in [1.29, 1.82) is 0 Å². The van der Waals surface area contributed by atoms with E-state index in [0.29, 0.717) is 61.6 Å². The van der Waals surface area contributed by atoms with Gasteiger partial charge in [-0.05, 0) is 118 Å². The second kappa shape index (κ2) is 62.8. The van der Waals surface area contributed by atoms with Gasteiger partial charge in [-0.3, -0.25) is 81.6 Å². The molecule has 1 aromatic heterocycles. The van der Waals surface area contributed by atoms with Gasteiger partial charge in [-0.2, -0.15) is 0 Å². The van der Waals surface area contributed by atoms with E-state index in [1.165, 1.54) is 29.3 Å². The zero-order chi connectivity index (χ0) is 102. The van der Waals surface area contributed by atoms with Crippen LogP contribution in [0.15, 0.2) is 90.3 Å². The van der Waals surface area contributed by atoms with Crippen LogP contribution in [0.3, 0.4) is 0 Å². The van der Waals surface area contributed by atoms with Gasteiger partial charge in [-0.25, -0.2) is 19.4 Å². The lowest BCUT2D eigenvalue weighted by Gasteiger charge is -2.39. The van der Waals surface area contributed by atoms with Crippen LogP contribution in [-0.2, 0) is 115 Å². The molecule has 43 heteroatoms. The van der Waals surface area contributed by atoms with Crippen LogP contribution < -0.4 is 48.3 Å². The Morgan fingerprint density at radius 2 is 1.30 bits per heavy atom. The number of amides is 9. The lowest BCUT2D eigenvalue weighted by atomic mass is 9.82. The first-order chi connectivity index (χ1) is 65.7. The van der Waals surface area contributed by atoms with Crippen LogP contribution in [0.5, 0.6) is 5.75 Å². The van der Waals surface area contributed by atoms with E-state index in [-0.39, 0.29) is 142 Å². The number of aliphatic carboxylic acids is 4. The number of likely N-dealkylation sites (tertiary alicyclic amines) is 1. The summed E-state index contributed by atoms with van der Waals surface area (Å²) in [6.45, 7) is 11.4. The van der Waals surface area contributed by atoms with E-state index in [2.05, 4.69) is 52.3 Å². The maximum Gasteiger partial charge on any atom is 0.407 e. The Balaban J connectivity index is 1.11.